The molecule has 0 saturated heterocycles. The molecule has 1 N–H and O–H groups in total. The summed E-state index contributed by atoms with van der Waals surface area (Å²) in [5.41, 5.74) is 3.78. The number of nitrogens with zero attached hydrogens (tertiary/aromatic N) is 3. The fourth-order valence-electron chi connectivity index (χ4n) is 2.57. The van der Waals surface area contributed by atoms with Crippen molar-refractivity contribution in [3.8, 4) is 0 Å². The third-order valence-corrected chi connectivity index (χ3v) is 3.85. The Kier molecular flexibility index (Phi) is 3.83. The Balaban J connectivity index is 1.74. The number of rotatable bonds is 6. The minimum Gasteiger partial charge on any atom is -0.313 e. The molecule has 1 atom stereocenters. The highest BCUT2D eigenvalue weighted by Crippen LogP contribution is 2.24. The predicted molar refractivity (Wildman–Crippen MR) is 79.7 cm³/mol. The smallest absolute Gasteiger partial charge is 0.0833 e. The lowest BCUT2D eigenvalue weighted by atomic mass is 9.93. The molecule has 0 spiro atoms. The Morgan fingerprint density at radius 1 is 1.40 bits per heavy atom. The van der Waals surface area contributed by atoms with Gasteiger partial charge in [-0.2, -0.15) is 0 Å². The molecule has 1 unspecified atom stereocenters. The van der Waals surface area contributed by atoms with Gasteiger partial charge < -0.3 is 5.32 Å². The van der Waals surface area contributed by atoms with E-state index in [2.05, 4.69) is 46.8 Å². The largest absolute Gasteiger partial charge is 0.313 e. The van der Waals surface area contributed by atoms with Crippen LogP contribution >= 0.6 is 0 Å². The molecule has 20 heavy (non-hydrogen) atoms. The molecule has 0 aliphatic heterocycles. The van der Waals surface area contributed by atoms with Crippen LogP contribution in [0.25, 0.3) is 0 Å². The van der Waals surface area contributed by atoms with Crippen LogP contribution in [0.5, 0.6) is 0 Å². The molecule has 0 bridgehead atoms. The average Bonchev–Trinajstić information content (AvgIpc) is 3.17. The zero-order valence-corrected chi connectivity index (χ0v) is 12.2. The van der Waals surface area contributed by atoms with Crippen molar-refractivity contribution in [3.63, 3.8) is 0 Å². The standard InChI is InChI=1S/C16H22N4/c1-12-4-3-5-13(8-12)14(10-17-15-6-7-15)9-16-11-20(2)19-18-16/h3-5,8,11,14-15,17H,6-7,9-10H2,1-2H3. The third kappa shape index (κ3) is 3.45. The summed E-state index contributed by atoms with van der Waals surface area (Å²) in [7, 11) is 1.92. The van der Waals surface area contributed by atoms with Crippen molar-refractivity contribution in [1.82, 2.24) is 20.3 Å². The van der Waals surface area contributed by atoms with Gasteiger partial charge in [-0.3, -0.25) is 4.68 Å². The monoisotopic (exact) mass is 270 g/mol. The Morgan fingerprint density at radius 2 is 2.25 bits per heavy atom. The fourth-order valence-corrected chi connectivity index (χ4v) is 2.57. The number of hydrogen-bond donors (Lipinski definition) is 1. The molecule has 1 saturated carbocycles. The maximum absolute atomic E-state index is 4.23. The Bertz CT molecular complexity index is 571. The molecule has 3 rings (SSSR count). The minimum absolute atomic E-state index is 0.465. The minimum atomic E-state index is 0.465. The molecule has 4 heteroatoms. The normalized spacial score (nSPS) is 16.3. The SMILES string of the molecule is Cc1cccc(C(CNC2CC2)Cc2cn(C)nn2)c1. The van der Waals surface area contributed by atoms with Gasteiger partial charge in [0.2, 0.25) is 0 Å². The number of hydrogen-bond acceptors (Lipinski definition) is 3. The topological polar surface area (TPSA) is 42.7 Å². The molecule has 1 aliphatic rings. The van der Waals surface area contributed by atoms with Crippen molar-refractivity contribution in [2.45, 2.75) is 38.1 Å². The van der Waals surface area contributed by atoms with Crippen LogP contribution in [-0.4, -0.2) is 27.6 Å². The maximum atomic E-state index is 4.23. The number of aryl methyl sites for hydroxylation is 2. The summed E-state index contributed by atoms with van der Waals surface area (Å²) in [4.78, 5) is 0. The van der Waals surface area contributed by atoms with Crippen LogP contribution in [0, 0.1) is 6.92 Å². The van der Waals surface area contributed by atoms with Crippen LogP contribution in [-0.2, 0) is 13.5 Å². The van der Waals surface area contributed by atoms with E-state index in [-0.39, 0.29) is 0 Å². The molecule has 0 radical (unpaired) electrons. The van der Waals surface area contributed by atoms with Crippen molar-refractivity contribution >= 4 is 0 Å². The first-order valence-corrected chi connectivity index (χ1v) is 7.36. The van der Waals surface area contributed by atoms with Crippen LogP contribution < -0.4 is 5.32 Å². The summed E-state index contributed by atoms with van der Waals surface area (Å²) < 4.78 is 1.77. The molecule has 2 aromatic rings. The highest BCUT2D eigenvalue weighted by Gasteiger charge is 2.23. The van der Waals surface area contributed by atoms with E-state index in [1.807, 2.05) is 13.2 Å². The zero-order valence-electron chi connectivity index (χ0n) is 12.2. The second kappa shape index (κ2) is 5.75. The highest BCUT2D eigenvalue weighted by atomic mass is 15.4. The summed E-state index contributed by atoms with van der Waals surface area (Å²) in [5, 5.41) is 11.9. The van der Waals surface area contributed by atoms with E-state index in [0.29, 0.717) is 5.92 Å². The van der Waals surface area contributed by atoms with E-state index >= 15 is 0 Å². The highest BCUT2D eigenvalue weighted by molar-refractivity contribution is 5.27. The van der Waals surface area contributed by atoms with Gasteiger partial charge in [0, 0.05) is 38.2 Å². The van der Waals surface area contributed by atoms with Gasteiger partial charge in [0.15, 0.2) is 0 Å². The van der Waals surface area contributed by atoms with Crippen molar-refractivity contribution in [1.29, 1.82) is 0 Å². The van der Waals surface area contributed by atoms with E-state index in [0.717, 1.165) is 24.7 Å². The second-order valence-corrected chi connectivity index (χ2v) is 5.88. The molecule has 1 fully saturated rings. The van der Waals surface area contributed by atoms with E-state index in [1.54, 1.807) is 4.68 Å². The van der Waals surface area contributed by atoms with Crippen LogP contribution in [0.2, 0.25) is 0 Å². The van der Waals surface area contributed by atoms with Gasteiger partial charge in [-0.25, -0.2) is 0 Å². The molecule has 1 aliphatic carbocycles. The lowest BCUT2D eigenvalue weighted by Crippen LogP contribution is -2.25. The maximum Gasteiger partial charge on any atom is 0.0833 e. The van der Waals surface area contributed by atoms with Crippen LogP contribution in [0.3, 0.4) is 0 Å². The molecule has 1 heterocycles. The number of nitrogens with one attached hydrogen (secondary N) is 1. The zero-order chi connectivity index (χ0) is 13.9. The van der Waals surface area contributed by atoms with Crippen molar-refractivity contribution in [3.05, 3.63) is 47.3 Å². The first kappa shape index (κ1) is 13.3. The lowest BCUT2D eigenvalue weighted by Gasteiger charge is -2.17. The number of benzene rings is 1. The molecule has 4 nitrogen and oxygen atoms in total. The predicted octanol–water partition coefficient (Wildman–Crippen LogP) is 2.20. The van der Waals surface area contributed by atoms with Gasteiger partial charge in [0.05, 0.1) is 5.69 Å². The molecule has 1 aromatic carbocycles. The van der Waals surface area contributed by atoms with Gasteiger partial charge >= 0.3 is 0 Å². The van der Waals surface area contributed by atoms with Gasteiger partial charge in [-0.1, -0.05) is 35.0 Å². The molecule has 1 aromatic heterocycles. The Hall–Kier alpha value is -1.68. The first-order chi connectivity index (χ1) is 9.70. The third-order valence-electron chi connectivity index (χ3n) is 3.85. The van der Waals surface area contributed by atoms with E-state index < -0.39 is 0 Å². The van der Waals surface area contributed by atoms with Gasteiger partial charge in [-0.15, -0.1) is 5.10 Å². The summed E-state index contributed by atoms with van der Waals surface area (Å²) in [5.74, 6) is 0.465. The summed E-state index contributed by atoms with van der Waals surface area (Å²) in [6.45, 7) is 3.17. The van der Waals surface area contributed by atoms with Crippen LogP contribution in [0.4, 0.5) is 0 Å². The molecular formula is C16H22N4. The van der Waals surface area contributed by atoms with Crippen molar-refractivity contribution in [2.75, 3.05) is 6.54 Å². The summed E-state index contributed by atoms with van der Waals surface area (Å²) in [6, 6.07) is 9.55. The average molecular weight is 270 g/mol. The summed E-state index contributed by atoms with van der Waals surface area (Å²) >= 11 is 0. The van der Waals surface area contributed by atoms with Crippen LogP contribution in [0.15, 0.2) is 30.5 Å². The quantitative estimate of drug-likeness (QED) is 0.875. The van der Waals surface area contributed by atoms with E-state index in [4.69, 9.17) is 0 Å². The van der Waals surface area contributed by atoms with Gasteiger partial charge in [-0.05, 0) is 25.3 Å². The Labute approximate surface area is 120 Å². The van der Waals surface area contributed by atoms with Crippen molar-refractivity contribution < 1.29 is 0 Å². The first-order valence-electron chi connectivity index (χ1n) is 7.36. The molecule has 0 amide bonds. The molecule has 106 valence electrons. The summed E-state index contributed by atoms with van der Waals surface area (Å²) in [6.07, 6.45) is 5.61. The van der Waals surface area contributed by atoms with E-state index in [9.17, 15) is 0 Å². The Morgan fingerprint density at radius 3 is 2.90 bits per heavy atom. The molecular weight excluding hydrogens is 248 g/mol. The van der Waals surface area contributed by atoms with Gasteiger partial charge in [0.1, 0.15) is 0 Å². The number of aromatic nitrogens is 3. The van der Waals surface area contributed by atoms with E-state index in [1.165, 1.54) is 24.0 Å². The van der Waals surface area contributed by atoms with Crippen molar-refractivity contribution in [2.24, 2.45) is 7.05 Å². The van der Waals surface area contributed by atoms with Gasteiger partial charge in [0.25, 0.3) is 0 Å². The second-order valence-electron chi connectivity index (χ2n) is 5.88. The fraction of sp³-hybridized carbons (Fsp3) is 0.500. The lowest BCUT2D eigenvalue weighted by molar-refractivity contribution is 0.571. The van der Waals surface area contributed by atoms with Crippen LogP contribution in [0.1, 0.15) is 35.6 Å².